The van der Waals surface area contributed by atoms with Gasteiger partial charge in [0.1, 0.15) is 11.6 Å². The molecule has 0 bridgehead atoms. The van der Waals surface area contributed by atoms with Crippen molar-refractivity contribution >= 4 is 11.6 Å². The lowest BCUT2D eigenvalue weighted by molar-refractivity contribution is 0.504. The summed E-state index contributed by atoms with van der Waals surface area (Å²) in [6.07, 6.45) is 1.29. The first-order valence-electron chi connectivity index (χ1n) is 4.41. The number of nitrogens with zero attached hydrogens (tertiary/aromatic N) is 1. The number of hydrogen-bond acceptors (Lipinski definition) is 3. The molecule has 6 heteroatoms. The van der Waals surface area contributed by atoms with Crippen molar-refractivity contribution in [3.8, 4) is 11.3 Å². The zero-order chi connectivity index (χ0) is 11.7. The molecule has 0 unspecified atom stereocenters. The van der Waals surface area contributed by atoms with Crippen LogP contribution in [-0.2, 0) is 6.54 Å². The Hall–Kier alpha value is -1.46. The molecule has 2 N–H and O–H groups in total. The fourth-order valence-corrected chi connectivity index (χ4v) is 1.39. The molecule has 0 aliphatic carbocycles. The van der Waals surface area contributed by atoms with Crippen LogP contribution in [0.25, 0.3) is 11.3 Å². The van der Waals surface area contributed by atoms with Crippen molar-refractivity contribution in [3.63, 3.8) is 0 Å². The maximum Gasteiger partial charge on any atom is 0.208 e. The third kappa shape index (κ3) is 1.91. The number of hydrogen-bond donors (Lipinski definition) is 1. The topological polar surface area (TPSA) is 52.0 Å². The second-order valence-corrected chi connectivity index (χ2v) is 3.48. The fourth-order valence-electron chi connectivity index (χ4n) is 1.24. The number of nitrogens with two attached hydrogens (primary N) is 1. The molecule has 1 aromatic carbocycles. The Labute approximate surface area is 94.8 Å². The Kier molecular flexibility index (Phi) is 2.89. The highest BCUT2D eigenvalue weighted by molar-refractivity contribution is 6.30. The molecule has 1 heterocycles. The van der Waals surface area contributed by atoms with E-state index in [0.29, 0.717) is 0 Å². The van der Waals surface area contributed by atoms with E-state index in [0.717, 1.165) is 12.1 Å². The Bertz CT molecular complexity index is 528. The van der Waals surface area contributed by atoms with Crippen LogP contribution in [0.1, 0.15) is 5.89 Å². The third-order valence-corrected chi connectivity index (χ3v) is 2.29. The van der Waals surface area contributed by atoms with Gasteiger partial charge in [-0.2, -0.15) is 0 Å². The average molecular weight is 245 g/mol. The number of halogens is 3. The van der Waals surface area contributed by atoms with Gasteiger partial charge in [0.25, 0.3) is 0 Å². The summed E-state index contributed by atoms with van der Waals surface area (Å²) in [4.78, 5) is 3.79. The zero-order valence-electron chi connectivity index (χ0n) is 8.01. The predicted molar refractivity (Wildman–Crippen MR) is 54.8 cm³/mol. The van der Waals surface area contributed by atoms with E-state index in [4.69, 9.17) is 21.8 Å². The number of rotatable bonds is 2. The molecule has 1 aromatic heterocycles. The summed E-state index contributed by atoms with van der Waals surface area (Å²) in [6.45, 7) is 0.0949. The van der Waals surface area contributed by atoms with E-state index in [9.17, 15) is 8.78 Å². The lowest BCUT2D eigenvalue weighted by Crippen LogP contribution is -1.94. The van der Waals surface area contributed by atoms with Crippen LogP contribution in [-0.4, -0.2) is 4.98 Å². The predicted octanol–water partition coefficient (Wildman–Crippen LogP) is 2.73. The van der Waals surface area contributed by atoms with Crippen LogP contribution < -0.4 is 5.73 Å². The van der Waals surface area contributed by atoms with E-state index in [1.165, 1.54) is 6.20 Å². The number of aromatic nitrogens is 1. The first-order chi connectivity index (χ1) is 7.61. The largest absolute Gasteiger partial charge is 0.439 e. The van der Waals surface area contributed by atoms with Gasteiger partial charge in [-0.3, -0.25) is 0 Å². The van der Waals surface area contributed by atoms with Crippen LogP contribution in [0.3, 0.4) is 0 Å². The molecular weight excluding hydrogens is 238 g/mol. The fraction of sp³-hybridized carbons (Fsp3) is 0.100. The molecule has 0 spiro atoms. The zero-order valence-corrected chi connectivity index (χ0v) is 8.76. The normalized spacial score (nSPS) is 10.8. The van der Waals surface area contributed by atoms with Crippen molar-refractivity contribution in [2.75, 3.05) is 0 Å². The third-order valence-electron chi connectivity index (χ3n) is 2.00. The van der Waals surface area contributed by atoms with Gasteiger partial charge >= 0.3 is 0 Å². The lowest BCUT2D eigenvalue weighted by Gasteiger charge is -2.00. The van der Waals surface area contributed by atoms with Crippen molar-refractivity contribution in [2.24, 2.45) is 5.73 Å². The summed E-state index contributed by atoms with van der Waals surface area (Å²) in [5.74, 6) is -1.02. The number of benzene rings is 1. The van der Waals surface area contributed by atoms with Crippen LogP contribution in [0.5, 0.6) is 0 Å². The second-order valence-electron chi connectivity index (χ2n) is 3.07. The standard InChI is InChI=1S/C10H7ClF2N2O/c11-6-2-7(12)5(1-8(6)13)9-4-15-10(3-14)16-9/h1-2,4H,3,14H2. The molecule has 0 fully saturated rings. The van der Waals surface area contributed by atoms with E-state index in [1.807, 2.05) is 0 Å². The molecule has 2 rings (SSSR count). The SMILES string of the molecule is NCc1ncc(-c2cc(F)c(Cl)cc2F)o1. The maximum absolute atomic E-state index is 13.5. The van der Waals surface area contributed by atoms with E-state index >= 15 is 0 Å². The number of oxazole rings is 1. The van der Waals surface area contributed by atoms with Crippen molar-refractivity contribution in [3.05, 3.63) is 40.9 Å². The van der Waals surface area contributed by atoms with Gasteiger partial charge < -0.3 is 10.2 Å². The van der Waals surface area contributed by atoms with E-state index < -0.39 is 11.6 Å². The Morgan fingerprint density at radius 2 is 2.06 bits per heavy atom. The highest BCUT2D eigenvalue weighted by Gasteiger charge is 2.14. The summed E-state index contributed by atoms with van der Waals surface area (Å²) in [5.41, 5.74) is 5.25. The van der Waals surface area contributed by atoms with Crippen LogP contribution >= 0.6 is 11.6 Å². The van der Waals surface area contributed by atoms with Gasteiger partial charge in [0.05, 0.1) is 23.3 Å². The lowest BCUT2D eigenvalue weighted by atomic mass is 10.1. The highest BCUT2D eigenvalue weighted by Crippen LogP contribution is 2.28. The summed E-state index contributed by atoms with van der Waals surface area (Å²) in [7, 11) is 0. The summed E-state index contributed by atoms with van der Waals surface area (Å²) in [5, 5.41) is -0.278. The molecule has 3 nitrogen and oxygen atoms in total. The molecule has 0 saturated heterocycles. The quantitative estimate of drug-likeness (QED) is 0.827. The smallest absolute Gasteiger partial charge is 0.208 e. The minimum absolute atomic E-state index is 0.0332. The summed E-state index contributed by atoms with van der Waals surface area (Å²) in [6, 6.07) is 1.84. The molecule has 0 radical (unpaired) electrons. The van der Waals surface area contributed by atoms with Crippen molar-refractivity contribution in [1.29, 1.82) is 0 Å². The van der Waals surface area contributed by atoms with Gasteiger partial charge in [0.15, 0.2) is 5.76 Å². The Balaban J connectivity index is 2.51. The first-order valence-corrected chi connectivity index (χ1v) is 4.79. The van der Waals surface area contributed by atoms with Gasteiger partial charge in [0.2, 0.25) is 5.89 Å². The van der Waals surface area contributed by atoms with Crippen LogP contribution in [0, 0.1) is 11.6 Å². The molecule has 0 aliphatic rings. The van der Waals surface area contributed by atoms with Crippen LogP contribution in [0.15, 0.2) is 22.7 Å². The molecule has 84 valence electrons. The van der Waals surface area contributed by atoms with E-state index in [2.05, 4.69) is 4.98 Å². The molecule has 0 amide bonds. The van der Waals surface area contributed by atoms with Crippen molar-refractivity contribution in [1.82, 2.24) is 4.98 Å². The van der Waals surface area contributed by atoms with Crippen LogP contribution in [0.4, 0.5) is 8.78 Å². The molecule has 0 saturated carbocycles. The van der Waals surface area contributed by atoms with Crippen LogP contribution in [0.2, 0.25) is 5.02 Å². The Morgan fingerprint density at radius 1 is 1.31 bits per heavy atom. The monoisotopic (exact) mass is 244 g/mol. The van der Waals surface area contributed by atoms with Gasteiger partial charge in [0, 0.05) is 0 Å². The minimum atomic E-state index is -0.719. The van der Waals surface area contributed by atoms with Gasteiger partial charge in [-0.1, -0.05) is 11.6 Å². The molecule has 16 heavy (non-hydrogen) atoms. The average Bonchev–Trinajstić information content (AvgIpc) is 2.71. The van der Waals surface area contributed by atoms with Crippen molar-refractivity contribution in [2.45, 2.75) is 6.54 Å². The second kappa shape index (κ2) is 4.19. The van der Waals surface area contributed by atoms with E-state index in [-0.39, 0.29) is 28.8 Å². The van der Waals surface area contributed by atoms with Gasteiger partial charge in [-0.25, -0.2) is 13.8 Å². The molecule has 2 aromatic rings. The highest BCUT2D eigenvalue weighted by atomic mass is 35.5. The Morgan fingerprint density at radius 3 is 2.69 bits per heavy atom. The van der Waals surface area contributed by atoms with E-state index in [1.54, 1.807) is 0 Å². The molecule has 0 aliphatic heterocycles. The maximum atomic E-state index is 13.5. The van der Waals surface area contributed by atoms with Gasteiger partial charge in [-0.05, 0) is 12.1 Å². The first kappa shape index (κ1) is 11.0. The van der Waals surface area contributed by atoms with Gasteiger partial charge in [-0.15, -0.1) is 0 Å². The van der Waals surface area contributed by atoms with Crippen molar-refractivity contribution < 1.29 is 13.2 Å². The molecule has 0 atom stereocenters. The molecular formula is C10H7ClF2N2O. The minimum Gasteiger partial charge on any atom is -0.439 e. The summed E-state index contributed by atoms with van der Waals surface area (Å²) >= 11 is 5.42. The summed E-state index contributed by atoms with van der Waals surface area (Å²) < 4.78 is 31.7.